The fourth-order valence-corrected chi connectivity index (χ4v) is 3.39. The van der Waals surface area contributed by atoms with Gasteiger partial charge in [-0.1, -0.05) is 6.07 Å². The van der Waals surface area contributed by atoms with Gasteiger partial charge in [-0.05, 0) is 26.0 Å². The van der Waals surface area contributed by atoms with E-state index in [1.54, 1.807) is 0 Å². The van der Waals surface area contributed by atoms with Crippen molar-refractivity contribution in [3.63, 3.8) is 0 Å². The van der Waals surface area contributed by atoms with Crippen LogP contribution in [0.1, 0.15) is 23.1 Å². The second kappa shape index (κ2) is 4.77. The highest BCUT2D eigenvalue weighted by Crippen LogP contribution is 2.31. The minimum Gasteiger partial charge on any atom is -0.355 e. The summed E-state index contributed by atoms with van der Waals surface area (Å²) >= 11 is 0. The summed E-state index contributed by atoms with van der Waals surface area (Å²) in [7, 11) is 0. The van der Waals surface area contributed by atoms with Gasteiger partial charge in [0.1, 0.15) is 11.6 Å². The van der Waals surface area contributed by atoms with E-state index < -0.39 is 0 Å². The Kier molecular flexibility index (Phi) is 2.68. The average molecular weight is 319 g/mol. The predicted molar refractivity (Wildman–Crippen MR) is 90.4 cm³/mol. The molecule has 0 bridgehead atoms. The van der Waals surface area contributed by atoms with Crippen LogP contribution in [0.2, 0.25) is 0 Å². The zero-order valence-corrected chi connectivity index (χ0v) is 13.6. The van der Waals surface area contributed by atoms with E-state index in [-0.39, 0.29) is 0 Å². The zero-order valence-electron chi connectivity index (χ0n) is 13.6. The van der Waals surface area contributed by atoms with Crippen molar-refractivity contribution in [1.29, 1.82) is 0 Å². The molecule has 24 heavy (non-hydrogen) atoms. The summed E-state index contributed by atoms with van der Waals surface area (Å²) in [6, 6.07) is 10.1. The first-order valence-electron chi connectivity index (χ1n) is 8.08. The summed E-state index contributed by atoms with van der Waals surface area (Å²) in [4.78, 5) is 6.88. The molecule has 0 radical (unpaired) electrons. The Balaban J connectivity index is 1.48. The van der Waals surface area contributed by atoms with Gasteiger partial charge >= 0.3 is 0 Å². The Labute approximate surface area is 138 Å². The van der Waals surface area contributed by atoms with Crippen LogP contribution in [-0.2, 0) is 0 Å². The van der Waals surface area contributed by atoms with Gasteiger partial charge in [-0.15, -0.1) is 10.2 Å². The third kappa shape index (κ3) is 1.90. The summed E-state index contributed by atoms with van der Waals surface area (Å²) in [6.07, 6.45) is 2.03. The van der Waals surface area contributed by atoms with Crippen LogP contribution in [0.5, 0.6) is 0 Å². The molecule has 0 amide bonds. The molecule has 1 saturated heterocycles. The number of fused-ring (bicyclic) bond motifs is 2. The first-order chi connectivity index (χ1) is 11.7. The number of hydrogen-bond donors (Lipinski definition) is 0. The van der Waals surface area contributed by atoms with Gasteiger partial charge in [0.2, 0.25) is 0 Å². The minimum atomic E-state index is 0.377. The van der Waals surface area contributed by atoms with E-state index in [0.29, 0.717) is 5.92 Å². The standard InChI is InChI=1S/C17H17N7/c1-11-8-16(24-15(18-11)7-12(2)21-24)22-9-13(10-22)17-20-19-14-5-3-4-6-23(14)17/h3-8,13H,9-10H2,1-2H3. The maximum absolute atomic E-state index is 4.57. The van der Waals surface area contributed by atoms with Gasteiger partial charge in [-0.25, -0.2) is 4.98 Å². The minimum absolute atomic E-state index is 0.377. The van der Waals surface area contributed by atoms with Gasteiger partial charge in [-0.3, -0.25) is 4.40 Å². The largest absolute Gasteiger partial charge is 0.355 e. The van der Waals surface area contributed by atoms with Gasteiger partial charge in [0.15, 0.2) is 11.3 Å². The predicted octanol–water partition coefficient (Wildman–Crippen LogP) is 1.99. The topological polar surface area (TPSA) is 63.6 Å². The van der Waals surface area contributed by atoms with E-state index in [2.05, 4.69) is 35.6 Å². The second-order valence-corrected chi connectivity index (χ2v) is 6.40. The molecule has 4 aromatic heterocycles. The Hall–Kier alpha value is -2.96. The highest BCUT2D eigenvalue weighted by Gasteiger charge is 2.33. The fraction of sp³-hybridized carbons (Fsp3) is 0.294. The number of aryl methyl sites for hydroxylation is 2. The van der Waals surface area contributed by atoms with Crippen molar-refractivity contribution in [2.24, 2.45) is 0 Å². The van der Waals surface area contributed by atoms with Crippen molar-refractivity contribution in [2.45, 2.75) is 19.8 Å². The molecule has 0 N–H and O–H groups in total. The van der Waals surface area contributed by atoms with E-state index in [4.69, 9.17) is 0 Å². The maximum Gasteiger partial charge on any atom is 0.160 e. The number of nitrogens with zero attached hydrogens (tertiary/aromatic N) is 7. The summed E-state index contributed by atoms with van der Waals surface area (Å²) in [5, 5.41) is 13.2. The van der Waals surface area contributed by atoms with Crippen molar-refractivity contribution in [2.75, 3.05) is 18.0 Å². The van der Waals surface area contributed by atoms with E-state index in [1.165, 1.54) is 0 Å². The van der Waals surface area contributed by atoms with Gasteiger partial charge in [0.25, 0.3) is 0 Å². The third-order valence-corrected chi connectivity index (χ3v) is 4.57. The average Bonchev–Trinajstić information content (AvgIpc) is 3.09. The number of rotatable bonds is 2. The van der Waals surface area contributed by atoms with Crippen molar-refractivity contribution in [3.8, 4) is 0 Å². The molecule has 0 spiro atoms. The van der Waals surface area contributed by atoms with E-state index in [1.807, 2.05) is 48.8 Å². The van der Waals surface area contributed by atoms with Crippen LogP contribution < -0.4 is 4.90 Å². The van der Waals surface area contributed by atoms with Crippen molar-refractivity contribution in [1.82, 2.24) is 29.2 Å². The maximum atomic E-state index is 4.57. The molecule has 7 heteroatoms. The van der Waals surface area contributed by atoms with Crippen LogP contribution in [0.4, 0.5) is 5.82 Å². The van der Waals surface area contributed by atoms with E-state index >= 15 is 0 Å². The lowest BCUT2D eigenvalue weighted by atomic mass is 9.99. The molecule has 0 atom stereocenters. The third-order valence-electron chi connectivity index (χ3n) is 4.57. The zero-order chi connectivity index (χ0) is 16.3. The van der Waals surface area contributed by atoms with Crippen LogP contribution in [0.3, 0.4) is 0 Å². The van der Waals surface area contributed by atoms with Crippen LogP contribution in [0.15, 0.2) is 36.5 Å². The van der Waals surface area contributed by atoms with Gasteiger partial charge < -0.3 is 4.90 Å². The van der Waals surface area contributed by atoms with Crippen molar-refractivity contribution in [3.05, 3.63) is 53.7 Å². The molecular formula is C17H17N7. The smallest absolute Gasteiger partial charge is 0.160 e. The number of aromatic nitrogens is 6. The van der Waals surface area contributed by atoms with Crippen molar-refractivity contribution < 1.29 is 0 Å². The Morgan fingerprint density at radius 2 is 1.88 bits per heavy atom. The number of anilines is 1. The fourth-order valence-electron chi connectivity index (χ4n) is 3.39. The van der Waals surface area contributed by atoms with Gasteiger partial charge in [0, 0.05) is 37.1 Å². The SMILES string of the molecule is Cc1cc(N2CC(c3nnc4ccccn34)C2)n2nc(C)cc2n1. The molecule has 5 heterocycles. The lowest BCUT2D eigenvalue weighted by Crippen LogP contribution is -2.46. The van der Waals surface area contributed by atoms with Gasteiger partial charge in [0.05, 0.1) is 11.6 Å². The van der Waals surface area contributed by atoms with Crippen LogP contribution in [-0.4, -0.2) is 42.3 Å². The number of hydrogen-bond acceptors (Lipinski definition) is 5. The Morgan fingerprint density at radius 1 is 1.00 bits per heavy atom. The van der Waals surface area contributed by atoms with E-state index in [9.17, 15) is 0 Å². The summed E-state index contributed by atoms with van der Waals surface area (Å²) in [5.74, 6) is 2.50. The van der Waals surface area contributed by atoms with Crippen LogP contribution in [0.25, 0.3) is 11.3 Å². The van der Waals surface area contributed by atoms with Crippen LogP contribution in [0, 0.1) is 13.8 Å². The molecular weight excluding hydrogens is 302 g/mol. The van der Waals surface area contributed by atoms with E-state index in [0.717, 1.165) is 47.4 Å². The monoisotopic (exact) mass is 319 g/mol. The summed E-state index contributed by atoms with van der Waals surface area (Å²) in [5.41, 5.74) is 3.79. The molecule has 7 nitrogen and oxygen atoms in total. The Morgan fingerprint density at radius 3 is 2.75 bits per heavy atom. The normalized spacial score (nSPS) is 15.3. The molecule has 1 aliphatic rings. The highest BCUT2D eigenvalue weighted by molar-refractivity contribution is 5.54. The summed E-state index contributed by atoms with van der Waals surface area (Å²) < 4.78 is 4.01. The molecule has 0 aliphatic carbocycles. The van der Waals surface area contributed by atoms with Crippen molar-refractivity contribution >= 4 is 17.1 Å². The molecule has 0 aromatic carbocycles. The first kappa shape index (κ1) is 13.5. The number of pyridine rings is 1. The second-order valence-electron chi connectivity index (χ2n) is 6.40. The molecule has 4 aromatic rings. The molecule has 1 aliphatic heterocycles. The summed E-state index contributed by atoms with van der Waals surface area (Å²) in [6.45, 7) is 5.84. The Bertz CT molecular complexity index is 1060. The lowest BCUT2D eigenvalue weighted by Gasteiger charge is -2.39. The van der Waals surface area contributed by atoms with Crippen LogP contribution >= 0.6 is 0 Å². The lowest BCUT2D eigenvalue weighted by molar-refractivity contribution is 0.488. The molecule has 5 rings (SSSR count). The first-order valence-corrected chi connectivity index (χ1v) is 8.08. The molecule has 0 saturated carbocycles. The molecule has 120 valence electrons. The quantitative estimate of drug-likeness (QED) is 0.565. The molecule has 1 fully saturated rings. The molecule has 0 unspecified atom stereocenters. The highest BCUT2D eigenvalue weighted by atomic mass is 15.4. The van der Waals surface area contributed by atoms with Gasteiger partial charge in [-0.2, -0.15) is 9.61 Å².